The molecule has 2 aromatic rings. The largest absolute Gasteiger partial charge is 0.483 e. The highest BCUT2D eigenvalue weighted by Gasteiger charge is 2.31. The Kier molecular flexibility index (Phi) is 6.61. The van der Waals surface area contributed by atoms with Gasteiger partial charge in [0.25, 0.3) is 5.91 Å². The number of rotatable bonds is 4. The molecule has 0 unspecified atom stereocenters. The van der Waals surface area contributed by atoms with Crippen LogP contribution in [0.4, 0.5) is 0 Å². The fourth-order valence-electron chi connectivity index (χ4n) is 4.42. The summed E-state index contributed by atoms with van der Waals surface area (Å²) in [5.74, 6) is 1.71. The molecular formula is C24H29BrN2O3. The van der Waals surface area contributed by atoms with Crippen molar-refractivity contribution in [2.45, 2.75) is 32.6 Å². The normalized spacial score (nSPS) is 18.6. The number of fused-ring (bicyclic) bond motifs is 1. The Morgan fingerprint density at radius 2 is 1.63 bits per heavy atom. The Bertz CT molecular complexity index is 916. The van der Waals surface area contributed by atoms with Gasteiger partial charge in [0.05, 0.1) is 4.47 Å². The molecule has 0 saturated carbocycles. The van der Waals surface area contributed by atoms with E-state index in [1.54, 1.807) is 0 Å². The molecular weight excluding hydrogens is 444 g/mol. The molecule has 0 aliphatic carbocycles. The van der Waals surface area contributed by atoms with Gasteiger partial charge in [0, 0.05) is 32.1 Å². The molecule has 0 aromatic heterocycles. The van der Waals surface area contributed by atoms with E-state index in [4.69, 9.17) is 4.74 Å². The van der Waals surface area contributed by atoms with E-state index < -0.39 is 0 Å². The number of likely N-dealkylation sites (tertiary alicyclic amines) is 2. The van der Waals surface area contributed by atoms with E-state index in [0.29, 0.717) is 18.8 Å². The maximum atomic E-state index is 12.8. The van der Waals surface area contributed by atoms with Gasteiger partial charge in [-0.05, 0) is 64.4 Å². The second kappa shape index (κ2) is 9.38. The molecule has 160 valence electrons. The summed E-state index contributed by atoms with van der Waals surface area (Å²) in [6.07, 6.45) is 3.70. The van der Waals surface area contributed by atoms with E-state index in [1.807, 2.05) is 46.2 Å². The highest BCUT2D eigenvalue weighted by molar-refractivity contribution is 9.10. The molecule has 2 aliphatic heterocycles. The van der Waals surface area contributed by atoms with Crippen LogP contribution in [0.5, 0.6) is 5.75 Å². The minimum absolute atomic E-state index is 0.0135. The van der Waals surface area contributed by atoms with Gasteiger partial charge in [-0.25, -0.2) is 0 Å². The smallest absolute Gasteiger partial charge is 0.260 e. The van der Waals surface area contributed by atoms with Gasteiger partial charge in [0.1, 0.15) is 5.75 Å². The third-order valence-corrected chi connectivity index (χ3v) is 7.29. The van der Waals surface area contributed by atoms with Crippen molar-refractivity contribution >= 4 is 38.5 Å². The molecule has 4 rings (SSSR count). The van der Waals surface area contributed by atoms with Crippen molar-refractivity contribution in [3.8, 4) is 5.75 Å². The van der Waals surface area contributed by atoms with E-state index in [2.05, 4.69) is 22.9 Å². The van der Waals surface area contributed by atoms with E-state index in [1.165, 1.54) is 0 Å². The molecule has 2 aliphatic rings. The lowest BCUT2D eigenvalue weighted by Gasteiger charge is -2.36. The van der Waals surface area contributed by atoms with Gasteiger partial charge >= 0.3 is 0 Å². The molecule has 0 radical (unpaired) electrons. The van der Waals surface area contributed by atoms with Gasteiger partial charge < -0.3 is 14.5 Å². The van der Waals surface area contributed by atoms with Crippen LogP contribution in [-0.2, 0) is 9.59 Å². The molecule has 2 saturated heterocycles. The standard InChI is InChI=1S/C24H29BrN2O3/c1-17-8-12-27(13-9-17)24(29)19-10-14-26(15-11-19)22(28)16-30-21-7-6-18-4-2-3-5-20(18)23(21)25/h2-7,17,19H,8-16H2,1H3. The monoisotopic (exact) mass is 472 g/mol. The van der Waals surface area contributed by atoms with Gasteiger partial charge in [-0.2, -0.15) is 0 Å². The zero-order chi connectivity index (χ0) is 21.1. The topological polar surface area (TPSA) is 49.9 Å². The highest BCUT2D eigenvalue weighted by Crippen LogP contribution is 2.33. The first kappa shape index (κ1) is 21.2. The number of hydrogen-bond donors (Lipinski definition) is 0. The van der Waals surface area contributed by atoms with Crippen molar-refractivity contribution in [1.29, 1.82) is 0 Å². The molecule has 2 heterocycles. The van der Waals surface area contributed by atoms with Crippen molar-refractivity contribution < 1.29 is 14.3 Å². The Morgan fingerprint density at radius 3 is 2.37 bits per heavy atom. The predicted octanol–water partition coefficient (Wildman–Crippen LogP) is 4.48. The molecule has 0 spiro atoms. The molecule has 6 heteroatoms. The number of halogens is 1. The number of piperidine rings is 2. The number of amides is 2. The predicted molar refractivity (Wildman–Crippen MR) is 121 cm³/mol. The average molecular weight is 473 g/mol. The van der Waals surface area contributed by atoms with Crippen LogP contribution >= 0.6 is 15.9 Å². The molecule has 0 N–H and O–H groups in total. The first-order chi connectivity index (χ1) is 14.5. The van der Waals surface area contributed by atoms with Gasteiger partial charge in [-0.3, -0.25) is 9.59 Å². The van der Waals surface area contributed by atoms with Crippen LogP contribution in [-0.4, -0.2) is 54.4 Å². The van der Waals surface area contributed by atoms with Crippen LogP contribution in [0.25, 0.3) is 10.8 Å². The third kappa shape index (κ3) is 4.64. The molecule has 2 aromatic carbocycles. The van der Waals surface area contributed by atoms with Crippen molar-refractivity contribution in [2.24, 2.45) is 11.8 Å². The van der Waals surface area contributed by atoms with E-state index in [9.17, 15) is 9.59 Å². The number of ether oxygens (including phenoxy) is 1. The van der Waals surface area contributed by atoms with Crippen LogP contribution in [0, 0.1) is 11.8 Å². The maximum absolute atomic E-state index is 12.8. The third-order valence-electron chi connectivity index (χ3n) is 6.47. The molecule has 2 fully saturated rings. The maximum Gasteiger partial charge on any atom is 0.260 e. The number of nitrogens with zero attached hydrogens (tertiary/aromatic N) is 2. The zero-order valence-corrected chi connectivity index (χ0v) is 19.1. The summed E-state index contributed by atoms with van der Waals surface area (Å²) in [7, 11) is 0. The Hall–Kier alpha value is -2.08. The first-order valence-electron chi connectivity index (χ1n) is 10.9. The summed E-state index contributed by atoms with van der Waals surface area (Å²) < 4.78 is 6.70. The number of benzene rings is 2. The lowest BCUT2D eigenvalue weighted by molar-refractivity contribution is -0.142. The van der Waals surface area contributed by atoms with Crippen LogP contribution in [0.15, 0.2) is 40.9 Å². The van der Waals surface area contributed by atoms with Crippen LogP contribution in [0.3, 0.4) is 0 Å². The van der Waals surface area contributed by atoms with Gasteiger partial charge in [0.15, 0.2) is 6.61 Å². The van der Waals surface area contributed by atoms with E-state index in [-0.39, 0.29) is 24.3 Å². The molecule has 0 atom stereocenters. The lowest BCUT2D eigenvalue weighted by Crippen LogP contribution is -2.47. The van der Waals surface area contributed by atoms with Crippen molar-refractivity contribution in [3.05, 3.63) is 40.9 Å². The van der Waals surface area contributed by atoms with Crippen molar-refractivity contribution in [2.75, 3.05) is 32.8 Å². The molecule has 0 bridgehead atoms. The number of hydrogen-bond acceptors (Lipinski definition) is 3. The van der Waals surface area contributed by atoms with Gasteiger partial charge in [0.2, 0.25) is 5.91 Å². The quantitative estimate of drug-likeness (QED) is 0.658. The molecule has 30 heavy (non-hydrogen) atoms. The van der Waals surface area contributed by atoms with E-state index in [0.717, 1.165) is 59.9 Å². The fourth-order valence-corrected chi connectivity index (χ4v) is 5.03. The van der Waals surface area contributed by atoms with Crippen LogP contribution < -0.4 is 4.74 Å². The summed E-state index contributed by atoms with van der Waals surface area (Å²) in [6, 6.07) is 11.9. The SMILES string of the molecule is CC1CCN(C(=O)C2CCN(C(=O)COc3ccc4ccccc4c3Br)CC2)CC1. The van der Waals surface area contributed by atoms with Crippen LogP contribution in [0.1, 0.15) is 32.6 Å². The Labute approximate surface area is 186 Å². The molecule has 2 amide bonds. The first-order valence-corrected chi connectivity index (χ1v) is 11.7. The summed E-state index contributed by atoms with van der Waals surface area (Å²) in [6.45, 7) is 5.29. The lowest BCUT2D eigenvalue weighted by atomic mass is 9.92. The summed E-state index contributed by atoms with van der Waals surface area (Å²) in [4.78, 5) is 29.3. The molecule has 5 nitrogen and oxygen atoms in total. The van der Waals surface area contributed by atoms with Crippen molar-refractivity contribution in [1.82, 2.24) is 9.80 Å². The highest BCUT2D eigenvalue weighted by atomic mass is 79.9. The second-order valence-corrected chi connectivity index (χ2v) is 9.34. The minimum atomic E-state index is -0.0206. The summed E-state index contributed by atoms with van der Waals surface area (Å²) >= 11 is 3.60. The van der Waals surface area contributed by atoms with Crippen LogP contribution in [0.2, 0.25) is 0 Å². The average Bonchev–Trinajstić information content (AvgIpc) is 2.79. The number of carbonyl (C=O) groups excluding carboxylic acids is 2. The Balaban J connectivity index is 1.28. The van der Waals surface area contributed by atoms with Gasteiger partial charge in [-0.15, -0.1) is 0 Å². The van der Waals surface area contributed by atoms with Crippen molar-refractivity contribution in [3.63, 3.8) is 0 Å². The Morgan fingerprint density at radius 1 is 0.967 bits per heavy atom. The minimum Gasteiger partial charge on any atom is -0.483 e. The zero-order valence-electron chi connectivity index (χ0n) is 17.5. The summed E-state index contributed by atoms with van der Waals surface area (Å²) in [5.41, 5.74) is 0. The fraction of sp³-hybridized carbons (Fsp3) is 0.500. The second-order valence-electron chi connectivity index (χ2n) is 8.55. The number of carbonyl (C=O) groups is 2. The van der Waals surface area contributed by atoms with E-state index >= 15 is 0 Å². The van der Waals surface area contributed by atoms with Gasteiger partial charge in [-0.1, -0.05) is 37.3 Å². The summed E-state index contributed by atoms with van der Waals surface area (Å²) in [5, 5.41) is 2.19.